The van der Waals surface area contributed by atoms with Crippen molar-refractivity contribution in [3.8, 4) is 0 Å². The number of aryl methyl sites for hydroxylation is 2. The van der Waals surface area contributed by atoms with Crippen molar-refractivity contribution in [3.63, 3.8) is 0 Å². The van der Waals surface area contributed by atoms with Gasteiger partial charge in [0.05, 0.1) is 6.04 Å². The Kier molecular flexibility index (Phi) is 3.74. The quantitative estimate of drug-likeness (QED) is 0.912. The van der Waals surface area contributed by atoms with Crippen molar-refractivity contribution in [3.05, 3.63) is 70.5 Å². The van der Waals surface area contributed by atoms with Gasteiger partial charge in [-0.05, 0) is 67.1 Å². The van der Waals surface area contributed by atoms with Gasteiger partial charge in [0.15, 0.2) is 0 Å². The average molecular weight is 283 g/mol. The van der Waals surface area contributed by atoms with Crippen LogP contribution in [-0.2, 0) is 12.8 Å². The van der Waals surface area contributed by atoms with Gasteiger partial charge in [-0.25, -0.2) is 4.39 Å². The molecule has 108 valence electrons. The predicted molar refractivity (Wildman–Crippen MR) is 80.7 cm³/mol. The maximum atomic E-state index is 12.9. The van der Waals surface area contributed by atoms with E-state index in [0.717, 1.165) is 18.4 Å². The molecule has 21 heavy (non-hydrogen) atoms. The largest absolute Gasteiger partial charge is 0.346 e. The number of rotatable bonds is 3. The summed E-state index contributed by atoms with van der Waals surface area (Å²) in [5.74, 6) is -0.513. The van der Waals surface area contributed by atoms with Crippen molar-refractivity contribution in [2.45, 2.75) is 32.2 Å². The van der Waals surface area contributed by atoms with Gasteiger partial charge < -0.3 is 5.32 Å². The maximum Gasteiger partial charge on any atom is 0.251 e. The Balaban J connectivity index is 1.72. The summed E-state index contributed by atoms with van der Waals surface area (Å²) < 4.78 is 12.9. The summed E-state index contributed by atoms with van der Waals surface area (Å²) >= 11 is 0. The van der Waals surface area contributed by atoms with Crippen LogP contribution in [0, 0.1) is 5.82 Å². The molecule has 0 aliphatic heterocycles. The molecule has 0 saturated carbocycles. The first-order valence-electron chi connectivity index (χ1n) is 7.31. The first kappa shape index (κ1) is 13.8. The lowest BCUT2D eigenvalue weighted by molar-refractivity contribution is 0.0940. The molecule has 1 atom stereocenters. The van der Waals surface area contributed by atoms with E-state index in [1.54, 1.807) is 0 Å². The molecule has 0 fully saturated rings. The van der Waals surface area contributed by atoms with Crippen LogP contribution in [0.25, 0.3) is 0 Å². The van der Waals surface area contributed by atoms with Gasteiger partial charge in [0, 0.05) is 5.56 Å². The van der Waals surface area contributed by atoms with Gasteiger partial charge in [-0.2, -0.15) is 0 Å². The van der Waals surface area contributed by atoms with Crippen LogP contribution >= 0.6 is 0 Å². The van der Waals surface area contributed by atoms with Crippen LogP contribution in [0.2, 0.25) is 0 Å². The van der Waals surface area contributed by atoms with Crippen molar-refractivity contribution in [2.75, 3.05) is 0 Å². The molecule has 1 unspecified atom stereocenters. The number of carbonyl (C=O) groups is 1. The van der Waals surface area contributed by atoms with Gasteiger partial charge in [0.2, 0.25) is 0 Å². The highest BCUT2D eigenvalue weighted by atomic mass is 19.1. The average Bonchev–Trinajstić information content (AvgIpc) is 2.95. The Bertz CT molecular complexity index is 663. The summed E-state index contributed by atoms with van der Waals surface area (Å²) in [5, 5.41) is 2.96. The highest BCUT2D eigenvalue weighted by molar-refractivity contribution is 5.94. The number of amides is 1. The fraction of sp³-hybridized carbons (Fsp3) is 0.278. The van der Waals surface area contributed by atoms with Gasteiger partial charge in [0.1, 0.15) is 5.82 Å². The molecule has 0 heterocycles. The van der Waals surface area contributed by atoms with Crippen LogP contribution in [0.3, 0.4) is 0 Å². The number of hydrogen-bond donors (Lipinski definition) is 1. The number of carbonyl (C=O) groups excluding carboxylic acids is 1. The summed E-state index contributed by atoms with van der Waals surface area (Å²) in [6.45, 7) is 1.97. The first-order valence-corrected chi connectivity index (χ1v) is 7.31. The fourth-order valence-corrected chi connectivity index (χ4v) is 2.83. The van der Waals surface area contributed by atoms with Crippen molar-refractivity contribution in [1.82, 2.24) is 5.32 Å². The van der Waals surface area contributed by atoms with Gasteiger partial charge in [-0.1, -0.05) is 18.2 Å². The predicted octanol–water partition coefficient (Wildman–Crippen LogP) is 3.81. The Morgan fingerprint density at radius 2 is 1.81 bits per heavy atom. The van der Waals surface area contributed by atoms with Crippen molar-refractivity contribution in [1.29, 1.82) is 0 Å². The Labute approximate surface area is 124 Å². The Morgan fingerprint density at radius 3 is 2.57 bits per heavy atom. The zero-order valence-electron chi connectivity index (χ0n) is 12.0. The first-order chi connectivity index (χ1) is 10.1. The zero-order chi connectivity index (χ0) is 14.8. The molecule has 1 N–H and O–H groups in total. The molecule has 1 amide bonds. The van der Waals surface area contributed by atoms with Crippen LogP contribution in [-0.4, -0.2) is 5.91 Å². The standard InChI is InChI=1S/C18H18FNO/c1-12(15-6-5-13-3-2-4-16(13)11-15)20-18(21)14-7-9-17(19)10-8-14/h5-12H,2-4H2,1H3,(H,20,21). The second-order valence-electron chi connectivity index (χ2n) is 5.58. The molecule has 0 bridgehead atoms. The van der Waals surface area contributed by atoms with E-state index in [-0.39, 0.29) is 17.8 Å². The number of halogens is 1. The molecule has 1 aliphatic carbocycles. The topological polar surface area (TPSA) is 29.1 Å². The molecule has 3 heteroatoms. The van der Waals surface area contributed by atoms with E-state index >= 15 is 0 Å². The van der Waals surface area contributed by atoms with Crippen molar-refractivity contribution >= 4 is 5.91 Å². The zero-order valence-corrected chi connectivity index (χ0v) is 12.0. The van der Waals surface area contributed by atoms with Gasteiger partial charge in [0.25, 0.3) is 5.91 Å². The van der Waals surface area contributed by atoms with E-state index in [9.17, 15) is 9.18 Å². The fourth-order valence-electron chi connectivity index (χ4n) is 2.83. The van der Waals surface area contributed by atoms with Crippen molar-refractivity contribution < 1.29 is 9.18 Å². The molecule has 0 radical (unpaired) electrons. The Hall–Kier alpha value is -2.16. The Morgan fingerprint density at radius 1 is 1.10 bits per heavy atom. The van der Waals surface area contributed by atoms with E-state index in [1.807, 2.05) is 6.92 Å². The number of fused-ring (bicyclic) bond motifs is 1. The van der Waals surface area contributed by atoms with E-state index in [1.165, 1.54) is 41.8 Å². The third-order valence-electron chi connectivity index (χ3n) is 4.08. The third-order valence-corrected chi connectivity index (χ3v) is 4.08. The van der Waals surface area contributed by atoms with Crippen LogP contribution < -0.4 is 5.32 Å². The van der Waals surface area contributed by atoms with Gasteiger partial charge in [-0.15, -0.1) is 0 Å². The van der Waals surface area contributed by atoms with E-state index in [0.29, 0.717) is 5.56 Å². The molecule has 1 aliphatic rings. The third kappa shape index (κ3) is 2.97. The van der Waals surface area contributed by atoms with Crippen LogP contribution in [0.4, 0.5) is 4.39 Å². The summed E-state index contributed by atoms with van der Waals surface area (Å²) in [6.07, 6.45) is 3.50. The molecule has 0 aromatic heterocycles. The minimum Gasteiger partial charge on any atom is -0.346 e. The highest BCUT2D eigenvalue weighted by Crippen LogP contribution is 2.25. The van der Waals surface area contributed by atoms with Crippen LogP contribution in [0.5, 0.6) is 0 Å². The van der Waals surface area contributed by atoms with Crippen LogP contribution in [0.15, 0.2) is 42.5 Å². The molecule has 2 nitrogen and oxygen atoms in total. The molecule has 2 aromatic rings. The lowest BCUT2D eigenvalue weighted by Crippen LogP contribution is -2.26. The second kappa shape index (κ2) is 5.68. The molecular weight excluding hydrogens is 265 g/mol. The minimum atomic E-state index is -0.335. The lowest BCUT2D eigenvalue weighted by atomic mass is 10.0. The van der Waals surface area contributed by atoms with Crippen LogP contribution in [0.1, 0.15) is 46.4 Å². The number of nitrogens with one attached hydrogen (secondary N) is 1. The van der Waals surface area contributed by atoms with E-state index in [4.69, 9.17) is 0 Å². The van der Waals surface area contributed by atoms with Gasteiger partial charge >= 0.3 is 0 Å². The maximum absolute atomic E-state index is 12.9. The molecular formula is C18H18FNO. The molecule has 0 spiro atoms. The highest BCUT2D eigenvalue weighted by Gasteiger charge is 2.15. The minimum absolute atomic E-state index is 0.0616. The summed E-state index contributed by atoms with van der Waals surface area (Å²) in [5.41, 5.74) is 4.42. The molecule has 2 aromatic carbocycles. The smallest absolute Gasteiger partial charge is 0.251 e. The van der Waals surface area contributed by atoms with Crippen molar-refractivity contribution in [2.24, 2.45) is 0 Å². The number of hydrogen-bond acceptors (Lipinski definition) is 1. The SMILES string of the molecule is CC(NC(=O)c1ccc(F)cc1)c1ccc2c(c1)CCC2. The second-order valence-corrected chi connectivity index (χ2v) is 5.58. The molecule has 3 rings (SSSR count). The number of benzene rings is 2. The summed E-state index contributed by atoms with van der Waals surface area (Å²) in [6, 6.07) is 12.0. The summed E-state index contributed by atoms with van der Waals surface area (Å²) in [7, 11) is 0. The normalized spacial score (nSPS) is 14.6. The van der Waals surface area contributed by atoms with E-state index in [2.05, 4.69) is 23.5 Å². The monoisotopic (exact) mass is 283 g/mol. The van der Waals surface area contributed by atoms with Gasteiger partial charge in [-0.3, -0.25) is 4.79 Å². The summed E-state index contributed by atoms with van der Waals surface area (Å²) in [4.78, 5) is 12.1. The van der Waals surface area contributed by atoms with E-state index < -0.39 is 0 Å². The lowest BCUT2D eigenvalue weighted by Gasteiger charge is -2.15. The molecule has 0 saturated heterocycles.